The number of hydrazone groups is 1. The van der Waals surface area contributed by atoms with Crippen LogP contribution in [-0.2, 0) is 16.1 Å². The number of carbonyl (C=O) groups is 3. The molecular weight excluding hydrogens is 406 g/mol. The number of rotatable bonds is 7. The van der Waals surface area contributed by atoms with Crippen molar-refractivity contribution in [2.75, 3.05) is 12.8 Å². The molecule has 11 heteroatoms. The molecule has 0 saturated heterocycles. The highest BCUT2D eigenvalue weighted by Crippen LogP contribution is 2.27. The number of hydrogen-bond donors (Lipinski definition) is 3. The third kappa shape index (κ3) is 4.92. The highest BCUT2D eigenvalue weighted by molar-refractivity contribution is 7.99. The van der Waals surface area contributed by atoms with Gasteiger partial charge >= 0.3 is 6.03 Å². The van der Waals surface area contributed by atoms with Gasteiger partial charge in [0.15, 0.2) is 5.16 Å². The summed E-state index contributed by atoms with van der Waals surface area (Å²) in [5.74, 6) is -0.899. The van der Waals surface area contributed by atoms with E-state index in [1.807, 2.05) is 30.3 Å². The first-order valence-electron chi connectivity index (χ1n) is 9.13. The van der Waals surface area contributed by atoms with Gasteiger partial charge in [-0.2, -0.15) is 5.10 Å². The molecule has 3 rings (SSSR count). The lowest BCUT2D eigenvalue weighted by Crippen LogP contribution is -2.38. The van der Waals surface area contributed by atoms with Crippen molar-refractivity contribution in [2.45, 2.75) is 24.0 Å². The lowest BCUT2D eigenvalue weighted by Gasteiger charge is -2.21. The first-order chi connectivity index (χ1) is 14.5. The number of benzene rings is 1. The molecule has 156 valence electrons. The maximum Gasteiger partial charge on any atom is 0.321 e. The molecule has 1 aliphatic rings. The van der Waals surface area contributed by atoms with Gasteiger partial charge in [-0.3, -0.25) is 14.9 Å². The van der Waals surface area contributed by atoms with Crippen LogP contribution in [0.3, 0.4) is 0 Å². The SMILES string of the molecule is C=CCn1c(SCC(=O)NC(=O)NC)nnc1[C@@H]1CC(c2ccccc2)=NNC1=O. The third-order valence-corrected chi connectivity index (χ3v) is 5.27. The van der Waals surface area contributed by atoms with E-state index in [9.17, 15) is 14.4 Å². The van der Waals surface area contributed by atoms with E-state index in [0.29, 0.717) is 23.9 Å². The summed E-state index contributed by atoms with van der Waals surface area (Å²) in [5, 5.41) is 17.5. The summed E-state index contributed by atoms with van der Waals surface area (Å²) < 4.78 is 1.74. The topological polar surface area (TPSA) is 130 Å². The Balaban J connectivity index is 1.79. The summed E-state index contributed by atoms with van der Waals surface area (Å²) in [4.78, 5) is 35.6. The largest absolute Gasteiger partial charge is 0.341 e. The van der Waals surface area contributed by atoms with E-state index in [4.69, 9.17) is 0 Å². The van der Waals surface area contributed by atoms with Crippen molar-refractivity contribution < 1.29 is 14.4 Å². The molecule has 2 aromatic rings. The number of thioether (sulfide) groups is 1. The average molecular weight is 427 g/mol. The van der Waals surface area contributed by atoms with Gasteiger partial charge in [0, 0.05) is 20.0 Å². The van der Waals surface area contributed by atoms with Gasteiger partial charge in [-0.1, -0.05) is 48.2 Å². The third-order valence-electron chi connectivity index (χ3n) is 4.30. The van der Waals surface area contributed by atoms with Crippen molar-refractivity contribution in [2.24, 2.45) is 5.10 Å². The van der Waals surface area contributed by atoms with Crippen LogP contribution in [0.4, 0.5) is 4.79 Å². The second-order valence-electron chi connectivity index (χ2n) is 6.31. The standard InChI is InChI=1S/C19H21N7O3S/c1-3-9-26-16(23-25-19(26)30-11-15(27)21-18(29)20-2)13-10-14(22-24-17(13)28)12-7-5-4-6-8-12/h3-8,13H,1,9-11H2,2H3,(H,24,28)(H2,20,21,27,29)/t13-/m0/s1. The van der Waals surface area contributed by atoms with Gasteiger partial charge in [0.25, 0.3) is 5.91 Å². The number of amides is 4. The molecule has 0 unspecified atom stereocenters. The van der Waals surface area contributed by atoms with Gasteiger partial charge in [0.05, 0.1) is 11.5 Å². The molecule has 1 atom stereocenters. The molecule has 10 nitrogen and oxygen atoms in total. The summed E-state index contributed by atoms with van der Waals surface area (Å²) >= 11 is 1.12. The van der Waals surface area contributed by atoms with Gasteiger partial charge in [-0.25, -0.2) is 10.2 Å². The number of imide groups is 1. The van der Waals surface area contributed by atoms with Crippen molar-refractivity contribution >= 4 is 35.3 Å². The number of hydrogen-bond acceptors (Lipinski definition) is 7. The highest BCUT2D eigenvalue weighted by Gasteiger charge is 2.32. The maximum atomic E-state index is 12.5. The zero-order valence-electron chi connectivity index (χ0n) is 16.3. The van der Waals surface area contributed by atoms with Crippen LogP contribution in [0.1, 0.15) is 23.7 Å². The van der Waals surface area contributed by atoms with E-state index in [1.54, 1.807) is 10.6 Å². The minimum atomic E-state index is -0.584. The molecule has 1 aromatic heterocycles. The molecule has 2 heterocycles. The number of nitrogens with one attached hydrogen (secondary N) is 3. The van der Waals surface area contributed by atoms with Crippen LogP contribution in [0.25, 0.3) is 0 Å². The van der Waals surface area contributed by atoms with E-state index in [2.05, 4.69) is 37.9 Å². The van der Waals surface area contributed by atoms with Crippen LogP contribution in [0.15, 0.2) is 53.2 Å². The average Bonchev–Trinajstić information content (AvgIpc) is 3.15. The van der Waals surface area contributed by atoms with Gasteiger partial charge < -0.3 is 9.88 Å². The second-order valence-corrected chi connectivity index (χ2v) is 7.26. The van der Waals surface area contributed by atoms with Crippen molar-refractivity contribution in [3.05, 3.63) is 54.4 Å². The normalized spacial score (nSPS) is 15.7. The Hall–Kier alpha value is -3.47. The van der Waals surface area contributed by atoms with Crippen LogP contribution >= 0.6 is 11.8 Å². The molecule has 0 saturated carbocycles. The molecule has 0 aliphatic carbocycles. The van der Waals surface area contributed by atoms with Crippen LogP contribution in [0.5, 0.6) is 0 Å². The summed E-state index contributed by atoms with van der Waals surface area (Å²) in [6.07, 6.45) is 2.03. The highest BCUT2D eigenvalue weighted by atomic mass is 32.2. The van der Waals surface area contributed by atoms with E-state index in [-0.39, 0.29) is 11.7 Å². The fourth-order valence-electron chi connectivity index (χ4n) is 2.87. The predicted molar refractivity (Wildman–Crippen MR) is 112 cm³/mol. The lowest BCUT2D eigenvalue weighted by atomic mass is 9.95. The molecule has 3 N–H and O–H groups in total. The van der Waals surface area contributed by atoms with E-state index in [1.165, 1.54) is 7.05 Å². The minimum absolute atomic E-state index is 0.0315. The zero-order chi connectivity index (χ0) is 21.5. The lowest BCUT2D eigenvalue weighted by molar-refractivity contribution is -0.123. The molecule has 1 aromatic carbocycles. The molecular formula is C19H21N7O3S. The second kappa shape index (κ2) is 9.83. The predicted octanol–water partition coefficient (Wildman–Crippen LogP) is 1.02. The Morgan fingerprint density at radius 1 is 1.33 bits per heavy atom. The molecule has 0 radical (unpaired) electrons. The maximum absolute atomic E-state index is 12.5. The Bertz CT molecular complexity index is 987. The first kappa shape index (κ1) is 21.2. The number of urea groups is 1. The fourth-order valence-corrected chi connectivity index (χ4v) is 3.63. The van der Waals surface area contributed by atoms with Crippen LogP contribution in [0.2, 0.25) is 0 Å². The molecule has 0 bridgehead atoms. The Morgan fingerprint density at radius 3 is 2.80 bits per heavy atom. The quantitative estimate of drug-likeness (QED) is 0.447. The van der Waals surface area contributed by atoms with Gasteiger partial charge in [0.2, 0.25) is 5.91 Å². The van der Waals surface area contributed by atoms with E-state index < -0.39 is 17.9 Å². The van der Waals surface area contributed by atoms with Crippen molar-refractivity contribution in [3.8, 4) is 0 Å². The zero-order valence-corrected chi connectivity index (χ0v) is 17.1. The summed E-state index contributed by atoms with van der Waals surface area (Å²) in [6.45, 7) is 4.11. The number of allylic oxidation sites excluding steroid dienone is 1. The smallest absolute Gasteiger partial charge is 0.321 e. The fraction of sp³-hybridized carbons (Fsp3) is 0.263. The first-order valence-corrected chi connectivity index (χ1v) is 10.1. The van der Waals surface area contributed by atoms with E-state index >= 15 is 0 Å². The number of carbonyl (C=O) groups excluding carboxylic acids is 3. The summed E-state index contributed by atoms with van der Waals surface area (Å²) in [6, 6.07) is 8.99. The number of nitrogens with zero attached hydrogens (tertiary/aromatic N) is 4. The van der Waals surface area contributed by atoms with Crippen LogP contribution in [0, 0.1) is 0 Å². The van der Waals surface area contributed by atoms with Crippen molar-refractivity contribution in [3.63, 3.8) is 0 Å². The van der Waals surface area contributed by atoms with E-state index in [0.717, 1.165) is 23.0 Å². The molecule has 4 amide bonds. The Labute approximate surface area is 177 Å². The molecule has 0 fully saturated rings. The van der Waals surface area contributed by atoms with Gasteiger partial charge in [-0.15, -0.1) is 16.8 Å². The monoisotopic (exact) mass is 427 g/mol. The van der Waals surface area contributed by atoms with Crippen molar-refractivity contribution in [1.29, 1.82) is 0 Å². The van der Waals surface area contributed by atoms with Gasteiger partial charge in [0.1, 0.15) is 11.7 Å². The Kier molecular flexibility index (Phi) is 6.96. The molecule has 1 aliphatic heterocycles. The van der Waals surface area contributed by atoms with Crippen molar-refractivity contribution in [1.82, 2.24) is 30.8 Å². The Morgan fingerprint density at radius 2 is 2.10 bits per heavy atom. The minimum Gasteiger partial charge on any atom is -0.341 e. The van der Waals surface area contributed by atoms with Gasteiger partial charge in [-0.05, 0) is 5.56 Å². The molecule has 30 heavy (non-hydrogen) atoms. The van der Waals surface area contributed by atoms with Crippen LogP contribution in [-0.4, -0.2) is 51.1 Å². The summed E-state index contributed by atoms with van der Waals surface area (Å²) in [5.41, 5.74) is 4.22. The van der Waals surface area contributed by atoms with Crippen LogP contribution < -0.4 is 16.1 Å². The summed E-state index contributed by atoms with van der Waals surface area (Å²) in [7, 11) is 1.42. The number of aromatic nitrogens is 3. The molecule has 0 spiro atoms.